The molecule has 1 fully saturated rings. The lowest BCUT2D eigenvalue weighted by atomic mass is 9.91. The average molecular weight is 473 g/mol. The molecule has 1 saturated carbocycles. The molecule has 1 unspecified atom stereocenters. The summed E-state index contributed by atoms with van der Waals surface area (Å²) in [6.07, 6.45) is 8.21. The van der Waals surface area contributed by atoms with Crippen molar-refractivity contribution >= 4 is 11.9 Å². The van der Waals surface area contributed by atoms with Crippen molar-refractivity contribution in [2.24, 2.45) is 0 Å². The predicted molar refractivity (Wildman–Crippen MR) is 133 cm³/mol. The molecule has 1 N–H and O–H groups in total. The summed E-state index contributed by atoms with van der Waals surface area (Å²) in [5.74, 6) is 0.326. The van der Waals surface area contributed by atoms with Gasteiger partial charge in [-0.1, -0.05) is 61.7 Å². The van der Waals surface area contributed by atoms with Crippen LogP contribution in [0.25, 0.3) is 0 Å². The number of methoxy groups -OCH3 is 1. The van der Waals surface area contributed by atoms with Crippen LogP contribution in [0.5, 0.6) is 0 Å². The summed E-state index contributed by atoms with van der Waals surface area (Å²) in [6, 6.07) is 18.2. The molecule has 1 aliphatic carbocycles. The Morgan fingerprint density at radius 2 is 1.83 bits per heavy atom. The largest absolute Gasteiger partial charge is 0.465 e. The molecule has 0 saturated heterocycles. The van der Waals surface area contributed by atoms with Crippen LogP contribution in [0.4, 0.5) is 0 Å². The van der Waals surface area contributed by atoms with Crippen LogP contribution >= 0.6 is 0 Å². The third-order valence-electron chi connectivity index (χ3n) is 7.18. The van der Waals surface area contributed by atoms with Gasteiger partial charge < -0.3 is 14.6 Å². The fourth-order valence-corrected chi connectivity index (χ4v) is 5.42. The van der Waals surface area contributed by atoms with Gasteiger partial charge >= 0.3 is 5.97 Å². The maximum absolute atomic E-state index is 13.0. The molecular formula is C28H32N4O3. The number of aromatic nitrogens is 2. The second-order valence-electron chi connectivity index (χ2n) is 9.40. The highest BCUT2D eigenvalue weighted by Gasteiger charge is 2.36. The van der Waals surface area contributed by atoms with Crippen LogP contribution in [0.1, 0.15) is 75.9 Å². The predicted octanol–water partition coefficient (Wildman–Crippen LogP) is 4.34. The van der Waals surface area contributed by atoms with Gasteiger partial charge in [-0.3, -0.25) is 9.69 Å². The molecule has 35 heavy (non-hydrogen) atoms. The average Bonchev–Trinajstić information content (AvgIpc) is 3.36. The van der Waals surface area contributed by atoms with E-state index in [2.05, 4.69) is 39.0 Å². The van der Waals surface area contributed by atoms with E-state index in [0.717, 1.165) is 24.5 Å². The van der Waals surface area contributed by atoms with E-state index in [1.165, 1.54) is 44.8 Å². The van der Waals surface area contributed by atoms with Crippen LogP contribution < -0.4 is 5.32 Å². The first-order chi connectivity index (χ1) is 17.1. The molecule has 7 heteroatoms. The van der Waals surface area contributed by atoms with Crippen molar-refractivity contribution in [3.05, 3.63) is 89.0 Å². The maximum Gasteiger partial charge on any atom is 0.337 e. The summed E-state index contributed by atoms with van der Waals surface area (Å²) in [7, 11) is 1.36. The number of fused-ring (bicyclic) bond motifs is 1. The van der Waals surface area contributed by atoms with Crippen LogP contribution in [0.15, 0.2) is 60.8 Å². The number of benzene rings is 2. The second-order valence-corrected chi connectivity index (χ2v) is 9.40. The van der Waals surface area contributed by atoms with Crippen molar-refractivity contribution in [2.75, 3.05) is 13.7 Å². The van der Waals surface area contributed by atoms with Gasteiger partial charge in [0.25, 0.3) is 5.91 Å². The quantitative estimate of drug-likeness (QED) is 0.540. The number of imidazole rings is 1. The number of nitrogens with one attached hydrogen (secondary N) is 1. The van der Waals surface area contributed by atoms with Gasteiger partial charge in [0.2, 0.25) is 0 Å². The fourth-order valence-electron chi connectivity index (χ4n) is 5.42. The summed E-state index contributed by atoms with van der Waals surface area (Å²) in [5.41, 5.74) is 2.94. The van der Waals surface area contributed by atoms with E-state index >= 15 is 0 Å². The van der Waals surface area contributed by atoms with Crippen LogP contribution in [0.3, 0.4) is 0 Å². The van der Waals surface area contributed by atoms with E-state index in [-0.39, 0.29) is 11.9 Å². The summed E-state index contributed by atoms with van der Waals surface area (Å²) < 4.78 is 6.93. The Kier molecular flexibility index (Phi) is 6.95. The van der Waals surface area contributed by atoms with Crippen LogP contribution in [-0.2, 0) is 17.8 Å². The van der Waals surface area contributed by atoms with Gasteiger partial charge in [-0.2, -0.15) is 0 Å². The van der Waals surface area contributed by atoms with Gasteiger partial charge in [0, 0.05) is 31.9 Å². The van der Waals surface area contributed by atoms with Gasteiger partial charge in [-0.05, 0) is 36.1 Å². The highest BCUT2D eigenvalue weighted by atomic mass is 16.5. The first kappa shape index (κ1) is 23.3. The molecule has 3 aromatic rings. The molecule has 7 nitrogen and oxygen atoms in total. The topological polar surface area (TPSA) is 76.5 Å². The van der Waals surface area contributed by atoms with Gasteiger partial charge in [0.05, 0.1) is 18.7 Å². The number of carbonyl (C=O) groups excluding carboxylic acids is 2. The van der Waals surface area contributed by atoms with Crippen molar-refractivity contribution in [3.8, 4) is 0 Å². The molecule has 0 radical (unpaired) electrons. The van der Waals surface area contributed by atoms with Crippen molar-refractivity contribution in [3.63, 3.8) is 0 Å². The number of amides is 1. The van der Waals surface area contributed by atoms with E-state index in [1.807, 2.05) is 18.3 Å². The Bertz CT molecular complexity index is 1180. The lowest BCUT2D eigenvalue weighted by molar-refractivity contribution is 0.0600. The minimum Gasteiger partial charge on any atom is -0.465 e. The molecule has 1 amide bonds. The molecular weight excluding hydrogens is 440 g/mol. The number of ether oxygens (including phenoxy) is 1. The van der Waals surface area contributed by atoms with Crippen LogP contribution in [-0.4, -0.2) is 46.0 Å². The fraction of sp³-hybridized carbons (Fsp3) is 0.393. The monoisotopic (exact) mass is 472 g/mol. The Balaban J connectivity index is 1.36. The SMILES string of the molecule is COC(=O)c1cccc(CNC(=O)c2cn3c(n2)C(c2ccccc2)N(C2CCCCC2)CC3)c1. The number of nitrogens with zero attached hydrogens (tertiary/aromatic N) is 3. The number of carbonyl (C=O) groups is 2. The summed E-state index contributed by atoms with van der Waals surface area (Å²) in [6.45, 7) is 2.09. The van der Waals surface area contributed by atoms with Crippen molar-refractivity contribution in [2.45, 2.75) is 57.3 Å². The van der Waals surface area contributed by atoms with E-state index in [1.54, 1.807) is 18.2 Å². The molecule has 1 aliphatic heterocycles. The summed E-state index contributed by atoms with van der Waals surface area (Å²) in [4.78, 5) is 32.3. The number of esters is 1. The van der Waals surface area contributed by atoms with E-state index < -0.39 is 5.97 Å². The minimum absolute atomic E-state index is 0.0475. The van der Waals surface area contributed by atoms with Gasteiger partial charge in [-0.15, -0.1) is 0 Å². The standard InChI is InChI=1S/C28H32N4O3/c1-35-28(34)22-12-8-9-20(17-22)18-29-27(33)24-19-31-15-16-32(23-13-6-3-7-14-23)25(26(31)30-24)21-10-4-2-5-11-21/h2,4-5,8-12,17,19,23,25H,3,6-7,13-16,18H2,1H3,(H,29,33). The van der Waals surface area contributed by atoms with Crippen molar-refractivity contribution < 1.29 is 14.3 Å². The third-order valence-corrected chi connectivity index (χ3v) is 7.18. The molecule has 2 heterocycles. The number of rotatable bonds is 6. The lowest BCUT2D eigenvalue weighted by Crippen LogP contribution is -2.45. The molecule has 0 bridgehead atoms. The van der Waals surface area contributed by atoms with Crippen LogP contribution in [0, 0.1) is 0 Å². The molecule has 1 atom stereocenters. The highest BCUT2D eigenvalue weighted by Crippen LogP contribution is 2.36. The molecule has 2 aliphatic rings. The zero-order valence-corrected chi connectivity index (χ0v) is 20.2. The van der Waals surface area contributed by atoms with Crippen LogP contribution in [0.2, 0.25) is 0 Å². The normalized spacial score (nSPS) is 18.6. The summed E-state index contributed by atoms with van der Waals surface area (Å²) >= 11 is 0. The lowest BCUT2D eigenvalue weighted by Gasteiger charge is -2.42. The highest BCUT2D eigenvalue weighted by molar-refractivity contribution is 5.92. The molecule has 2 aromatic carbocycles. The minimum atomic E-state index is -0.394. The smallest absolute Gasteiger partial charge is 0.337 e. The molecule has 5 rings (SSSR count). The van der Waals surface area contributed by atoms with E-state index in [9.17, 15) is 9.59 Å². The van der Waals surface area contributed by atoms with Gasteiger partial charge in [0.1, 0.15) is 11.5 Å². The van der Waals surface area contributed by atoms with E-state index in [4.69, 9.17) is 9.72 Å². The molecule has 0 spiro atoms. The molecule has 182 valence electrons. The Hall–Kier alpha value is -3.45. The zero-order chi connectivity index (χ0) is 24.2. The Morgan fingerprint density at radius 3 is 2.60 bits per heavy atom. The number of hydrogen-bond donors (Lipinski definition) is 1. The van der Waals surface area contributed by atoms with Gasteiger partial charge in [0.15, 0.2) is 0 Å². The molecule has 1 aromatic heterocycles. The van der Waals surface area contributed by atoms with Crippen molar-refractivity contribution in [1.29, 1.82) is 0 Å². The maximum atomic E-state index is 13.0. The Morgan fingerprint density at radius 1 is 1.03 bits per heavy atom. The zero-order valence-electron chi connectivity index (χ0n) is 20.2. The second kappa shape index (κ2) is 10.4. The first-order valence-electron chi connectivity index (χ1n) is 12.5. The summed E-state index contributed by atoms with van der Waals surface area (Å²) in [5, 5.41) is 2.96. The Labute approximate surface area is 206 Å². The number of hydrogen-bond acceptors (Lipinski definition) is 5. The first-order valence-corrected chi connectivity index (χ1v) is 12.5. The van der Waals surface area contributed by atoms with Gasteiger partial charge in [-0.25, -0.2) is 9.78 Å². The van der Waals surface area contributed by atoms with E-state index in [0.29, 0.717) is 23.8 Å². The van der Waals surface area contributed by atoms with Crippen molar-refractivity contribution in [1.82, 2.24) is 19.8 Å². The third kappa shape index (κ3) is 5.00.